The van der Waals surface area contributed by atoms with E-state index in [9.17, 15) is 4.79 Å². The van der Waals surface area contributed by atoms with Gasteiger partial charge in [-0.3, -0.25) is 4.79 Å². The number of anilines is 2. The summed E-state index contributed by atoms with van der Waals surface area (Å²) in [5.74, 6) is -0.237. The van der Waals surface area contributed by atoms with E-state index in [1.807, 2.05) is 13.0 Å². The first-order chi connectivity index (χ1) is 7.56. The molecule has 0 bridgehead atoms. The number of aryl methyl sites for hydroxylation is 1. The zero-order chi connectivity index (χ0) is 12.1. The average molecular weight is 243 g/mol. The van der Waals surface area contributed by atoms with Crippen LogP contribution in [0.4, 0.5) is 11.4 Å². The van der Waals surface area contributed by atoms with Gasteiger partial charge in [0, 0.05) is 30.9 Å². The van der Waals surface area contributed by atoms with Crippen molar-refractivity contribution in [3.05, 3.63) is 23.8 Å². The molecule has 5 heteroatoms. The second-order valence-electron chi connectivity index (χ2n) is 3.45. The lowest BCUT2D eigenvalue weighted by atomic mass is 10.2. The van der Waals surface area contributed by atoms with Crippen LogP contribution < -0.4 is 9.74 Å². The third kappa shape index (κ3) is 3.12. The highest BCUT2D eigenvalue weighted by Crippen LogP contribution is 2.24. The molecule has 1 rings (SSSR count). The number of nitrogens with one attached hydrogen (secondary N) is 1. The van der Waals surface area contributed by atoms with Crippen LogP contribution in [0.2, 0.25) is 0 Å². The zero-order valence-electron chi connectivity index (χ0n) is 9.33. The van der Waals surface area contributed by atoms with Gasteiger partial charge in [-0.2, -0.15) is 0 Å². The van der Waals surface area contributed by atoms with Crippen molar-refractivity contribution in [1.29, 1.82) is 0 Å². The van der Waals surface area contributed by atoms with Gasteiger partial charge in [-0.15, -0.1) is 0 Å². The van der Waals surface area contributed by atoms with Crippen LogP contribution in [0, 0.1) is 6.92 Å². The van der Waals surface area contributed by atoms with Crippen LogP contribution in [0.1, 0.15) is 12.5 Å². The van der Waals surface area contributed by atoms with Crippen molar-refractivity contribution < 1.29 is 9.90 Å². The maximum absolute atomic E-state index is 11.1. The van der Waals surface area contributed by atoms with Gasteiger partial charge in [-0.25, -0.2) is 4.42 Å². The zero-order valence-corrected chi connectivity index (χ0v) is 10.1. The topological polar surface area (TPSA) is 52.6 Å². The van der Waals surface area contributed by atoms with E-state index in [-0.39, 0.29) is 12.5 Å². The number of rotatable bonds is 4. The number of hydrogen-bond acceptors (Lipinski definition) is 3. The van der Waals surface area contributed by atoms with Crippen LogP contribution in [0.5, 0.6) is 0 Å². The summed E-state index contributed by atoms with van der Waals surface area (Å²) in [6.07, 6.45) is 0. The molecule has 0 aliphatic carbocycles. The van der Waals surface area contributed by atoms with Crippen LogP contribution in [0.3, 0.4) is 0 Å². The molecule has 0 heterocycles. The van der Waals surface area contributed by atoms with Crippen molar-refractivity contribution in [2.75, 3.05) is 22.9 Å². The fraction of sp³-hybridized carbons (Fsp3) is 0.364. The van der Waals surface area contributed by atoms with Crippen LogP contribution in [-0.2, 0) is 4.79 Å². The lowest BCUT2D eigenvalue weighted by Crippen LogP contribution is -2.17. The molecule has 0 saturated heterocycles. The molecule has 88 valence electrons. The molecule has 1 aromatic rings. The molecule has 1 aromatic carbocycles. The number of amides is 1. The Morgan fingerprint density at radius 3 is 2.81 bits per heavy atom. The van der Waals surface area contributed by atoms with E-state index in [4.69, 9.17) is 16.9 Å². The van der Waals surface area contributed by atoms with Gasteiger partial charge in [-0.1, -0.05) is 6.07 Å². The van der Waals surface area contributed by atoms with Gasteiger partial charge >= 0.3 is 0 Å². The highest BCUT2D eigenvalue weighted by molar-refractivity contribution is 6.36. The molecule has 16 heavy (non-hydrogen) atoms. The first-order valence-electron chi connectivity index (χ1n) is 4.98. The summed E-state index contributed by atoms with van der Waals surface area (Å²) < 4.78 is 1.06. The van der Waals surface area contributed by atoms with E-state index in [1.165, 1.54) is 6.92 Å². The predicted octanol–water partition coefficient (Wildman–Crippen LogP) is 1.91. The minimum Gasteiger partial charge on any atom is -0.395 e. The maximum atomic E-state index is 11.1. The number of aliphatic hydroxyl groups excluding tert-OH is 1. The second-order valence-corrected chi connectivity index (χ2v) is 3.79. The van der Waals surface area contributed by atoms with Crippen molar-refractivity contribution in [2.45, 2.75) is 13.8 Å². The van der Waals surface area contributed by atoms with Crippen molar-refractivity contribution >= 4 is 29.1 Å². The molecule has 0 aliphatic heterocycles. The van der Waals surface area contributed by atoms with Gasteiger partial charge < -0.3 is 10.4 Å². The summed E-state index contributed by atoms with van der Waals surface area (Å²) in [5.41, 5.74) is 2.50. The van der Waals surface area contributed by atoms with Crippen molar-refractivity contribution in [1.82, 2.24) is 0 Å². The number of nitrogens with zero attached hydrogens (tertiary/aromatic N) is 1. The van der Waals surface area contributed by atoms with Crippen molar-refractivity contribution in [2.24, 2.45) is 0 Å². The third-order valence-electron chi connectivity index (χ3n) is 2.15. The Morgan fingerprint density at radius 2 is 2.25 bits per heavy atom. The van der Waals surface area contributed by atoms with Crippen LogP contribution in [0.25, 0.3) is 0 Å². The number of carbonyl (C=O) groups is 1. The number of carbonyl (C=O) groups excluding carboxylic acids is 1. The molecular formula is C11H15ClN2O2. The predicted molar refractivity (Wildman–Crippen MR) is 65.8 cm³/mol. The molecule has 0 radical (unpaired) electrons. The summed E-state index contributed by atoms with van der Waals surface area (Å²) in [4.78, 5) is 11.1. The molecule has 0 aromatic heterocycles. The van der Waals surface area contributed by atoms with Crippen LogP contribution in [0.15, 0.2) is 18.2 Å². The molecule has 0 unspecified atom stereocenters. The second kappa shape index (κ2) is 5.72. The van der Waals surface area contributed by atoms with Crippen LogP contribution >= 0.6 is 11.8 Å². The van der Waals surface area contributed by atoms with Gasteiger partial charge in [0.05, 0.1) is 12.3 Å². The van der Waals surface area contributed by atoms with Gasteiger partial charge in [0.25, 0.3) is 0 Å². The fourth-order valence-electron chi connectivity index (χ4n) is 1.29. The molecule has 0 fully saturated rings. The van der Waals surface area contributed by atoms with E-state index in [0.29, 0.717) is 12.2 Å². The lowest BCUT2D eigenvalue weighted by molar-refractivity contribution is -0.115. The molecule has 1 amide bonds. The number of aliphatic hydroxyl groups is 1. The van der Waals surface area contributed by atoms with Crippen LogP contribution in [-0.4, -0.2) is 24.2 Å². The SMILES string of the molecule is CC(=O)N(Cl)c1ccc(C)c(NCCO)c1. The minimum atomic E-state index is -0.237. The smallest absolute Gasteiger partial charge is 0.238 e. The number of benzene rings is 1. The van der Waals surface area contributed by atoms with E-state index in [0.717, 1.165) is 15.7 Å². The fourth-order valence-corrected chi connectivity index (χ4v) is 1.40. The molecular weight excluding hydrogens is 228 g/mol. The highest BCUT2D eigenvalue weighted by atomic mass is 35.5. The maximum Gasteiger partial charge on any atom is 0.238 e. The Hall–Kier alpha value is -1.26. The van der Waals surface area contributed by atoms with Gasteiger partial charge in [0.2, 0.25) is 5.91 Å². The third-order valence-corrected chi connectivity index (χ3v) is 2.58. The van der Waals surface area contributed by atoms with Gasteiger partial charge in [-0.05, 0) is 24.6 Å². The molecule has 4 nitrogen and oxygen atoms in total. The monoisotopic (exact) mass is 242 g/mol. The Balaban J connectivity index is 2.92. The van der Waals surface area contributed by atoms with E-state index in [1.54, 1.807) is 12.1 Å². The number of halogens is 1. The normalized spacial score (nSPS) is 10.0. The Labute approximate surface area is 99.9 Å². The number of hydrogen-bond donors (Lipinski definition) is 2. The molecule has 0 saturated carbocycles. The first-order valence-corrected chi connectivity index (χ1v) is 5.32. The van der Waals surface area contributed by atoms with Crippen molar-refractivity contribution in [3.8, 4) is 0 Å². The quantitative estimate of drug-likeness (QED) is 0.793. The highest BCUT2D eigenvalue weighted by Gasteiger charge is 2.09. The van der Waals surface area contributed by atoms with Gasteiger partial charge in [0.1, 0.15) is 0 Å². The summed E-state index contributed by atoms with van der Waals surface area (Å²) in [5, 5.41) is 11.8. The van der Waals surface area contributed by atoms with E-state index in [2.05, 4.69) is 5.32 Å². The van der Waals surface area contributed by atoms with E-state index < -0.39 is 0 Å². The van der Waals surface area contributed by atoms with Crippen molar-refractivity contribution in [3.63, 3.8) is 0 Å². The minimum absolute atomic E-state index is 0.0565. The summed E-state index contributed by atoms with van der Waals surface area (Å²) in [6, 6.07) is 5.42. The Bertz CT molecular complexity index is 382. The Kier molecular flexibility index (Phi) is 4.58. The standard InChI is InChI=1S/C11H15ClN2O2/c1-8-3-4-10(14(12)9(2)16)7-11(8)13-5-6-15/h3-4,7,13,15H,5-6H2,1-2H3. The first kappa shape index (κ1) is 12.8. The molecule has 0 atom stereocenters. The summed E-state index contributed by atoms with van der Waals surface area (Å²) in [7, 11) is 0. The van der Waals surface area contributed by atoms with Gasteiger partial charge in [0.15, 0.2) is 0 Å². The molecule has 0 spiro atoms. The summed E-state index contributed by atoms with van der Waals surface area (Å²) >= 11 is 5.81. The largest absolute Gasteiger partial charge is 0.395 e. The lowest BCUT2D eigenvalue weighted by Gasteiger charge is -2.15. The Morgan fingerprint density at radius 1 is 1.56 bits per heavy atom. The average Bonchev–Trinajstić information content (AvgIpc) is 2.27. The molecule has 2 N–H and O–H groups in total. The summed E-state index contributed by atoms with van der Waals surface area (Å²) in [6.45, 7) is 3.86. The van der Waals surface area contributed by atoms with E-state index >= 15 is 0 Å². The molecule has 0 aliphatic rings.